The van der Waals surface area contributed by atoms with Crippen LogP contribution in [0.3, 0.4) is 0 Å². The zero-order valence-electron chi connectivity index (χ0n) is 11.2. The van der Waals surface area contributed by atoms with E-state index in [1.165, 1.54) is 10.5 Å². The van der Waals surface area contributed by atoms with Crippen LogP contribution >= 0.6 is 0 Å². The highest BCUT2D eigenvalue weighted by Crippen LogP contribution is 2.32. The molecule has 1 aliphatic rings. The maximum absolute atomic E-state index is 12.7. The third-order valence-corrected chi connectivity index (χ3v) is 5.07. The van der Waals surface area contributed by atoms with Crippen LogP contribution in [-0.2, 0) is 16.6 Å². The Hall–Kier alpha value is -1.73. The Morgan fingerprint density at radius 2 is 2.15 bits per heavy atom. The first-order chi connectivity index (χ1) is 9.57. The smallest absolute Gasteiger partial charge is 0.260 e. The van der Waals surface area contributed by atoms with Crippen molar-refractivity contribution in [2.75, 3.05) is 0 Å². The number of hydrogen-bond donors (Lipinski definition) is 1. The van der Waals surface area contributed by atoms with Crippen LogP contribution in [0.5, 0.6) is 0 Å². The van der Waals surface area contributed by atoms with Gasteiger partial charge in [0.2, 0.25) is 0 Å². The molecule has 1 saturated carbocycles. The summed E-state index contributed by atoms with van der Waals surface area (Å²) >= 11 is 0. The predicted molar refractivity (Wildman–Crippen MR) is 73.3 cm³/mol. The second-order valence-corrected chi connectivity index (χ2v) is 6.79. The Morgan fingerprint density at radius 3 is 2.70 bits per heavy atom. The lowest BCUT2D eigenvalue weighted by Crippen LogP contribution is -2.33. The summed E-state index contributed by atoms with van der Waals surface area (Å²) in [5.74, 6) is 0.595. The van der Waals surface area contributed by atoms with Gasteiger partial charge in [-0.05, 0) is 31.9 Å². The maximum atomic E-state index is 12.7. The first-order valence-electron chi connectivity index (χ1n) is 6.51. The van der Waals surface area contributed by atoms with Crippen LogP contribution in [-0.4, -0.2) is 33.7 Å². The Bertz CT molecular complexity index is 692. The van der Waals surface area contributed by atoms with Crippen molar-refractivity contribution in [3.8, 4) is 0 Å². The lowest BCUT2D eigenvalue weighted by molar-refractivity contribution is 0.393. The number of aromatic nitrogens is 3. The van der Waals surface area contributed by atoms with Gasteiger partial charge in [-0.3, -0.25) is 4.98 Å². The van der Waals surface area contributed by atoms with E-state index >= 15 is 0 Å². The van der Waals surface area contributed by atoms with E-state index in [2.05, 4.69) is 15.0 Å². The number of sulfonamides is 1. The van der Waals surface area contributed by atoms with Gasteiger partial charge in [-0.1, -0.05) is 6.07 Å². The molecule has 6 nitrogen and oxygen atoms in total. The van der Waals surface area contributed by atoms with Crippen molar-refractivity contribution in [1.29, 1.82) is 0 Å². The molecular formula is C13H16N4O2S. The van der Waals surface area contributed by atoms with E-state index < -0.39 is 10.0 Å². The minimum absolute atomic E-state index is 0.0746. The molecular weight excluding hydrogens is 276 g/mol. The first kappa shape index (κ1) is 13.3. The van der Waals surface area contributed by atoms with E-state index in [0.29, 0.717) is 12.4 Å². The van der Waals surface area contributed by atoms with Crippen LogP contribution in [0.25, 0.3) is 0 Å². The zero-order chi connectivity index (χ0) is 14.2. The van der Waals surface area contributed by atoms with Gasteiger partial charge in [0.25, 0.3) is 10.0 Å². The Labute approximate surface area is 117 Å². The van der Waals surface area contributed by atoms with Gasteiger partial charge in [0, 0.05) is 12.2 Å². The first-order valence-corrected chi connectivity index (χ1v) is 7.95. The van der Waals surface area contributed by atoms with Crippen LogP contribution in [0, 0.1) is 6.92 Å². The number of imidazole rings is 1. The van der Waals surface area contributed by atoms with Gasteiger partial charge >= 0.3 is 0 Å². The summed E-state index contributed by atoms with van der Waals surface area (Å²) < 4.78 is 26.8. The molecule has 106 valence electrons. The molecule has 0 atom stereocenters. The second-order valence-electron chi connectivity index (χ2n) is 4.94. The van der Waals surface area contributed by atoms with Crippen LogP contribution < -0.4 is 0 Å². The minimum Gasteiger partial charge on any atom is -0.332 e. The molecule has 0 unspecified atom stereocenters. The number of H-pyrrole nitrogens is 1. The van der Waals surface area contributed by atoms with Crippen molar-refractivity contribution >= 4 is 10.0 Å². The third kappa shape index (κ3) is 2.59. The van der Waals surface area contributed by atoms with E-state index in [0.717, 1.165) is 18.5 Å². The maximum Gasteiger partial charge on any atom is 0.260 e. The molecule has 7 heteroatoms. The van der Waals surface area contributed by atoms with Crippen molar-refractivity contribution in [1.82, 2.24) is 19.3 Å². The number of rotatable bonds is 5. The number of nitrogens with zero attached hydrogens (tertiary/aromatic N) is 3. The van der Waals surface area contributed by atoms with Crippen LogP contribution in [0.1, 0.15) is 24.4 Å². The Kier molecular flexibility index (Phi) is 3.31. The minimum atomic E-state index is -3.54. The highest BCUT2D eigenvalue weighted by molar-refractivity contribution is 7.89. The van der Waals surface area contributed by atoms with Crippen molar-refractivity contribution in [2.24, 2.45) is 0 Å². The summed E-state index contributed by atoms with van der Waals surface area (Å²) in [6, 6.07) is 5.59. The zero-order valence-corrected chi connectivity index (χ0v) is 12.0. The van der Waals surface area contributed by atoms with Gasteiger partial charge in [0.15, 0.2) is 5.03 Å². The summed E-state index contributed by atoms with van der Waals surface area (Å²) in [5.41, 5.74) is 0.749. The molecule has 0 amide bonds. The fourth-order valence-electron chi connectivity index (χ4n) is 2.08. The fourth-order valence-corrected chi connectivity index (χ4v) is 3.70. The molecule has 0 saturated heterocycles. The van der Waals surface area contributed by atoms with Crippen molar-refractivity contribution < 1.29 is 8.42 Å². The molecule has 2 aromatic rings. The molecule has 0 aromatic carbocycles. The number of pyridine rings is 1. The van der Waals surface area contributed by atoms with Gasteiger partial charge < -0.3 is 4.98 Å². The lowest BCUT2D eigenvalue weighted by Gasteiger charge is -2.20. The molecule has 0 bridgehead atoms. The molecule has 1 N–H and O–H groups in total. The van der Waals surface area contributed by atoms with Gasteiger partial charge in [0.1, 0.15) is 5.82 Å². The van der Waals surface area contributed by atoms with E-state index in [4.69, 9.17) is 0 Å². The second kappa shape index (κ2) is 4.99. The Morgan fingerprint density at radius 1 is 1.35 bits per heavy atom. The monoisotopic (exact) mass is 292 g/mol. The van der Waals surface area contributed by atoms with E-state index in [1.54, 1.807) is 13.1 Å². The van der Waals surface area contributed by atoms with Crippen LogP contribution in [0.15, 0.2) is 35.6 Å². The molecule has 0 radical (unpaired) electrons. The van der Waals surface area contributed by atoms with Crippen LogP contribution in [0.2, 0.25) is 0 Å². The molecule has 0 spiro atoms. The molecule has 3 rings (SSSR count). The molecule has 20 heavy (non-hydrogen) atoms. The van der Waals surface area contributed by atoms with Gasteiger partial charge in [-0.2, -0.15) is 4.31 Å². The fraction of sp³-hybridized carbons (Fsp3) is 0.385. The molecule has 2 heterocycles. The summed E-state index contributed by atoms with van der Waals surface area (Å²) in [4.78, 5) is 11.0. The van der Waals surface area contributed by atoms with Crippen molar-refractivity contribution in [3.63, 3.8) is 0 Å². The standard InChI is InChI=1S/C13H16N4O2S/c1-10-15-8-13(16-10)20(18,19)17(12-5-6-12)9-11-4-2-3-7-14-11/h2-4,7-8,12H,5-6,9H2,1H3,(H,15,16). The third-order valence-electron chi connectivity index (χ3n) is 3.26. The van der Waals surface area contributed by atoms with E-state index in [-0.39, 0.29) is 11.1 Å². The number of aromatic amines is 1. The average molecular weight is 292 g/mol. The molecule has 1 fully saturated rings. The normalized spacial score (nSPS) is 15.7. The lowest BCUT2D eigenvalue weighted by atomic mass is 10.3. The highest BCUT2D eigenvalue weighted by atomic mass is 32.2. The quantitative estimate of drug-likeness (QED) is 0.905. The van der Waals surface area contributed by atoms with Gasteiger partial charge in [-0.15, -0.1) is 0 Å². The van der Waals surface area contributed by atoms with Crippen molar-refractivity contribution in [2.45, 2.75) is 37.4 Å². The van der Waals surface area contributed by atoms with Gasteiger partial charge in [0.05, 0.1) is 18.4 Å². The largest absolute Gasteiger partial charge is 0.332 e. The van der Waals surface area contributed by atoms with Gasteiger partial charge in [-0.25, -0.2) is 13.4 Å². The topological polar surface area (TPSA) is 79.0 Å². The summed E-state index contributed by atoms with van der Waals surface area (Å²) in [7, 11) is -3.54. The van der Waals surface area contributed by atoms with E-state index in [1.807, 2.05) is 18.2 Å². The molecule has 2 aromatic heterocycles. The highest BCUT2D eigenvalue weighted by Gasteiger charge is 2.39. The SMILES string of the molecule is Cc1ncc(S(=O)(=O)N(Cc2ccccn2)C2CC2)[nH]1. The number of hydrogen-bond acceptors (Lipinski definition) is 4. The summed E-state index contributed by atoms with van der Waals surface area (Å²) in [6.45, 7) is 2.03. The van der Waals surface area contributed by atoms with Crippen LogP contribution in [0.4, 0.5) is 0 Å². The molecule has 0 aliphatic heterocycles. The average Bonchev–Trinajstić information content (AvgIpc) is 3.17. The van der Waals surface area contributed by atoms with Crippen molar-refractivity contribution in [3.05, 3.63) is 42.1 Å². The predicted octanol–water partition coefficient (Wildman–Crippen LogP) is 1.47. The summed E-state index contributed by atoms with van der Waals surface area (Å²) in [6.07, 6.45) is 4.85. The summed E-state index contributed by atoms with van der Waals surface area (Å²) in [5, 5.41) is 0.151. The van der Waals surface area contributed by atoms with E-state index in [9.17, 15) is 8.42 Å². The number of aryl methyl sites for hydroxylation is 1. The molecule has 1 aliphatic carbocycles. The number of nitrogens with one attached hydrogen (secondary N) is 1. The Balaban J connectivity index is 1.91.